The van der Waals surface area contributed by atoms with E-state index < -0.39 is 11.4 Å². The number of carboxylic acids is 1. The fourth-order valence-electron chi connectivity index (χ4n) is 1.75. The number of anilines is 1. The largest absolute Gasteiger partial charge is 0.481 e. The molecule has 0 heterocycles. The number of amides is 2. The minimum atomic E-state index is -0.943. The Hall–Kier alpha value is -2.04. The summed E-state index contributed by atoms with van der Waals surface area (Å²) in [7, 11) is 1.74. The second-order valence-electron chi connectivity index (χ2n) is 5.36. The molecule has 0 aliphatic heterocycles. The molecule has 1 aromatic rings. The van der Waals surface area contributed by atoms with E-state index in [1.54, 1.807) is 50.1 Å². The van der Waals surface area contributed by atoms with E-state index in [9.17, 15) is 9.59 Å². The standard InChI is InChI=1S/C15H22N2O3/c1-5-10-17(4)14(20)16-12-8-6-11(7-9-12)15(2,3)13(18)19/h6-9H,5,10H2,1-4H3,(H,16,20)(H,18,19). The first-order valence-electron chi connectivity index (χ1n) is 6.65. The van der Waals surface area contributed by atoms with Crippen LogP contribution in [0.4, 0.5) is 10.5 Å². The molecule has 0 radical (unpaired) electrons. The second-order valence-corrected chi connectivity index (χ2v) is 5.36. The van der Waals surface area contributed by atoms with E-state index in [2.05, 4.69) is 5.32 Å². The van der Waals surface area contributed by atoms with Gasteiger partial charge in [0.25, 0.3) is 0 Å². The molecule has 0 atom stereocenters. The number of hydrogen-bond donors (Lipinski definition) is 2. The summed E-state index contributed by atoms with van der Waals surface area (Å²) in [5.74, 6) is -0.878. The number of nitrogens with zero attached hydrogens (tertiary/aromatic N) is 1. The molecule has 1 rings (SSSR count). The van der Waals surface area contributed by atoms with Crippen molar-refractivity contribution < 1.29 is 14.7 Å². The van der Waals surface area contributed by atoms with Crippen LogP contribution in [0, 0.1) is 0 Å². The SMILES string of the molecule is CCCN(C)C(=O)Nc1ccc(C(C)(C)C(=O)O)cc1. The number of urea groups is 1. The van der Waals surface area contributed by atoms with Crippen molar-refractivity contribution in [3.8, 4) is 0 Å². The number of carboxylic acid groups (broad SMARTS) is 1. The summed E-state index contributed by atoms with van der Waals surface area (Å²) in [4.78, 5) is 24.6. The predicted octanol–water partition coefficient (Wildman–Crippen LogP) is 2.92. The highest BCUT2D eigenvalue weighted by Gasteiger charge is 2.29. The van der Waals surface area contributed by atoms with Gasteiger partial charge in [-0.2, -0.15) is 0 Å². The number of rotatable bonds is 5. The molecule has 110 valence electrons. The van der Waals surface area contributed by atoms with Gasteiger partial charge < -0.3 is 15.3 Å². The van der Waals surface area contributed by atoms with Crippen molar-refractivity contribution in [2.45, 2.75) is 32.6 Å². The van der Waals surface area contributed by atoms with Gasteiger partial charge in [0.1, 0.15) is 0 Å². The monoisotopic (exact) mass is 278 g/mol. The summed E-state index contributed by atoms with van der Waals surface area (Å²) in [6.07, 6.45) is 0.898. The van der Waals surface area contributed by atoms with Crippen LogP contribution in [0.1, 0.15) is 32.8 Å². The first kappa shape index (κ1) is 16.0. The van der Waals surface area contributed by atoms with Crippen LogP contribution >= 0.6 is 0 Å². The van der Waals surface area contributed by atoms with Crippen molar-refractivity contribution in [2.75, 3.05) is 18.9 Å². The van der Waals surface area contributed by atoms with Crippen LogP contribution < -0.4 is 5.32 Å². The quantitative estimate of drug-likeness (QED) is 0.870. The summed E-state index contributed by atoms with van der Waals surface area (Å²) in [5, 5.41) is 11.9. The molecule has 0 fully saturated rings. The van der Waals surface area contributed by atoms with Gasteiger partial charge in [0, 0.05) is 19.3 Å². The van der Waals surface area contributed by atoms with Gasteiger partial charge in [-0.25, -0.2) is 4.79 Å². The van der Waals surface area contributed by atoms with Gasteiger partial charge in [-0.15, -0.1) is 0 Å². The molecule has 0 bridgehead atoms. The van der Waals surface area contributed by atoms with Crippen molar-refractivity contribution in [1.29, 1.82) is 0 Å². The van der Waals surface area contributed by atoms with E-state index in [0.29, 0.717) is 17.8 Å². The third-order valence-electron chi connectivity index (χ3n) is 3.30. The van der Waals surface area contributed by atoms with Gasteiger partial charge in [0.2, 0.25) is 0 Å². The van der Waals surface area contributed by atoms with Crippen LogP contribution in [0.15, 0.2) is 24.3 Å². The second kappa shape index (κ2) is 6.41. The van der Waals surface area contributed by atoms with Gasteiger partial charge in [0.15, 0.2) is 0 Å². The number of aliphatic carboxylic acids is 1. The average molecular weight is 278 g/mol. The van der Waals surface area contributed by atoms with Gasteiger partial charge >= 0.3 is 12.0 Å². The van der Waals surface area contributed by atoms with E-state index in [-0.39, 0.29) is 6.03 Å². The third kappa shape index (κ3) is 3.73. The van der Waals surface area contributed by atoms with Crippen LogP contribution in [-0.2, 0) is 10.2 Å². The van der Waals surface area contributed by atoms with E-state index in [1.165, 1.54) is 0 Å². The molecule has 5 nitrogen and oxygen atoms in total. The van der Waals surface area contributed by atoms with Gasteiger partial charge in [-0.05, 0) is 38.0 Å². The summed E-state index contributed by atoms with van der Waals surface area (Å²) >= 11 is 0. The van der Waals surface area contributed by atoms with E-state index >= 15 is 0 Å². The smallest absolute Gasteiger partial charge is 0.321 e. The molecule has 0 spiro atoms. The third-order valence-corrected chi connectivity index (χ3v) is 3.30. The van der Waals surface area contributed by atoms with Gasteiger partial charge in [-0.3, -0.25) is 4.79 Å². The van der Waals surface area contributed by atoms with Crippen LogP contribution in [0.2, 0.25) is 0 Å². The number of hydrogen-bond acceptors (Lipinski definition) is 2. The summed E-state index contributed by atoms with van der Waals surface area (Å²) < 4.78 is 0. The fourth-order valence-corrected chi connectivity index (χ4v) is 1.75. The topological polar surface area (TPSA) is 69.6 Å². The number of nitrogens with one attached hydrogen (secondary N) is 1. The molecule has 1 aromatic carbocycles. The highest BCUT2D eigenvalue weighted by atomic mass is 16.4. The Morgan fingerprint density at radius 2 is 1.80 bits per heavy atom. The Balaban J connectivity index is 2.77. The first-order valence-corrected chi connectivity index (χ1v) is 6.65. The van der Waals surface area contributed by atoms with Crippen molar-refractivity contribution in [1.82, 2.24) is 4.90 Å². The van der Waals surface area contributed by atoms with Crippen LogP contribution in [0.5, 0.6) is 0 Å². The van der Waals surface area contributed by atoms with Crippen LogP contribution in [0.25, 0.3) is 0 Å². The predicted molar refractivity (Wildman–Crippen MR) is 79.0 cm³/mol. The Bertz CT molecular complexity index is 480. The zero-order valence-electron chi connectivity index (χ0n) is 12.4. The van der Waals surface area contributed by atoms with Crippen molar-refractivity contribution in [3.63, 3.8) is 0 Å². The van der Waals surface area contributed by atoms with E-state index in [0.717, 1.165) is 6.42 Å². The normalized spacial score (nSPS) is 11.0. The maximum atomic E-state index is 11.8. The molecule has 0 aliphatic carbocycles. The fraction of sp³-hybridized carbons (Fsp3) is 0.467. The Morgan fingerprint density at radius 3 is 2.25 bits per heavy atom. The highest BCUT2D eigenvalue weighted by Crippen LogP contribution is 2.24. The molecule has 5 heteroatoms. The maximum Gasteiger partial charge on any atom is 0.321 e. The molecule has 0 aliphatic rings. The summed E-state index contributed by atoms with van der Waals surface area (Å²) in [6, 6.07) is 6.72. The lowest BCUT2D eigenvalue weighted by Crippen LogP contribution is -2.32. The van der Waals surface area contributed by atoms with Crippen molar-refractivity contribution >= 4 is 17.7 Å². The zero-order valence-corrected chi connectivity index (χ0v) is 12.4. The van der Waals surface area contributed by atoms with Crippen LogP contribution in [0.3, 0.4) is 0 Å². The van der Waals surface area contributed by atoms with Crippen LogP contribution in [-0.4, -0.2) is 35.6 Å². The molecule has 0 saturated carbocycles. The maximum absolute atomic E-state index is 11.8. The number of benzene rings is 1. The Labute approximate surface area is 119 Å². The Kier molecular flexibility index (Phi) is 5.13. The van der Waals surface area contributed by atoms with Crippen molar-refractivity contribution in [2.24, 2.45) is 0 Å². The molecular weight excluding hydrogens is 256 g/mol. The molecule has 2 amide bonds. The number of carbonyl (C=O) groups is 2. The van der Waals surface area contributed by atoms with Gasteiger partial charge in [0.05, 0.1) is 5.41 Å². The zero-order chi connectivity index (χ0) is 15.3. The average Bonchev–Trinajstić information content (AvgIpc) is 2.39. The molecule has 2 N–H and O–H groups in total. The lowest BCUT2D eigenvalue weighted by Gasteiger charge is -2.20. The molecule has 0 unspecified atom stereocenters. The minimum absolute atomic E-state index is 0.169. The lowest BCUT2D eigenvalue weighted by atomic mass is 9.85. The van der Waals surface area contributed by atoms with E-state index in [4.69, 9.17) is 5.11 Å². The van der Waals surface area contributed by atoms with Crippen molar-refractivity contribution in [3.05, 3.63) is 29.8 Å². The summed E-state index contributed by atoms with van der Waals surface area (Å²) in [5.41, 5.74) is 0.412. The number of carbonyl (C=O) groups excluding carboxylic acids is 1. The lowest BCUT2D eigenvalue weighted by molar-refractivity contribution is -0.142. The first-order chi connectivity index (χ1) is 9.28. The minimum Gasteiger partial charge on any atom is -0.481 e. The van der Waals surface area contributed by atoms with E-state index in [1.807, 2.05) is 6.92 Å². The Morgan fingerprint density at radius 1 is 1.25 bits per heavy atom. The molecule has 0 aromatic heterocycles. The summed E-state index contributed by atoms with van der Waals surface area (Å²) in [6.45, 7) is 6.00. The van der Waals surface area contributed by atoms with Gasteiger partial charge in [-0.1, -0.05) is 19.1 Å². The molecule has 20 heavy (non-hydrogen) atoms. The molecular formula is C15H22N2O3. The highest BCUT2D eigenvalue weighted by molar-refractivity contribution is 5.89. The molecule has 0 saturated heterocycles.